The summed E-state index contributed by atoms with van der Waals surface area (Å²) in [5.41, 5.74) is 8.04. The molecule has 0 saturated carbocycles. The molecule has 0 unspecified atom stereocenters. The highest BCUT2D eigenvalue weighted by Crippen LogP contribution is 2.32. The van der Waals surface area contributed by atoms with Crippen LogP contribution in [0.1, 0.15) is 58.1 Å². The minimum absolute atomic E-state index is 0.0832. The summed E-state index contributed by atoms with van der Waals surface area (Å²) < 4.78 is 5.93. The van der Waals surface area contributed by atoms with Crippen molar-refractivity contribution in [3.05, 3.63) is 29.3 Å². The maximum atomic E-state index is 7.19. The van der Waals surface area contributed by atoms with Gasteiger partial charge in [-0.1, -0.05) is 39.8 Å². The molecule has 112 valence electrons. The van der Waals surface area contributed by atoms with Crippen LogP contribution in [0.5, 0.6) is 5.75 Å². The largest absolute Gasteiger partial charge is 0.493 e. The van der Waals surface area contributed by atoms with Crippen LogP contribution in [-0.2, 0) is 11.8 Å². The Balaban J connectivity index is 2.67. The van der Waals surface area contributed by atoms with Crippen LogP contribution in [0.4, 0.5) is 0 Å². The summed E-state index contributed by atoms with van der Waals surface area (Å²) >= 11 is 0. The number of nitrogens with two attached hydrogens (primary N) is 1. The third-order valence-electron chi connectivity index (χ3n) is 3.36. The minimum Gasteiger partial charge on any atom is -0.493 e. The third kappa shape index (κ3) is 5.24. The number of ether oxygens (including phenoxy) is 1. The molecule has 1 aromatic carbocycles. The van der Waals surface area contributed by atoms with E-state index in [-0.39, 0.29) is 11.3 Å². The van der Waals surface area contributed by atoms with Gasteiger partial charge in [-0.2, -0.15) is 0 Å². The lowest BCUT2D eigenvalue weighted by Gasteiger charge is -2.23. The van der Waals surface area contributed by atoms with Gasteiger partial charge in [0.25, 0.3) is 0 Å². The molecule has 0 atom stereocenters. The highest BCUT2D eigenvalue weighted by molar-refractivity contribution is 5.76. The smallest absolute Gasteiger partial charge is 0.123 e. The van der Waals surface area contributed by atoms with E-state index in [0.717, 1.165) is 25.0 Å². The van der Waals surface area contributed by atoms with Crippen LogP contribution in [0.25, 0.3) is 0 Å². The SMILES string of the molecule is CCc1ccc(OCCCCC(=N)N)c(C(C)(C)C)c1. The van der Waals surface area contributed by atoms with Crippen LogP contribution in [0.15, 0.2) is 18.2 Å². The molecule has 3 heteroatoms. The molecule has 0 radical (unpaired) electrons. The van der Waals surface area contributed by atoms with Crippen molar-refractivity contribution in [3.8, 4) is 5.75 Å². The molecule has 0 saturated heterocycles. The monoisotopic (exact) mass is 276 g/mol. The van der Waals surface area contributed by atoms with Crippen molar-refractivity contribution >= 4 is 5.84 Å². The van der Waals surface area contributed by atoms with Gasteiger partial charge in [0, 0.05) is 6.42 Å². The van der Waals surface area contributed by atoms with Crippen molar-refractivity contribution in [3.63, 3.8) is 0 Å². The number of nitrogens with one attached hydrogen (secondary N) is 1. The first-order chi connectivity index (χ1) is 9.34. The number of benzene rings is 1. The van der Waals surface area contributed by atoms with E-state index in [0.29, 0.717) is 13.0 Å². The molecule has 0 aliphatic rings. The number of unbranched alkanes of at least 4 members (excludes halogenated alkanes) is 1. The summed E-state index contributed by atoms with van der Waals surface area (Å²) in [4.78, 5) is 0. The van der Waals surface area contributed by atoms with Gasteiger partial charge in [0.1, 0.15) is 5.75 Å². The number of hydrogen-bond acceptors (Lipinski definition) is 2. The van der Waals surface area contributed by atoms with E-state index < -0.39 is 0 Å². The number of hydrogen-bond donors (Lipinski definition) is 2. The lowest BCUT2D eigenvalue weighted by Crippen LogP contribution is -2.14. The van der Waals surface area contributed by atoms with E-state index in [1.165, 1.54) is 11.1 Å². The Labute approximate surface area is 123 Å². The van der Waals surface area contributed by atoms with Crippen LogP contribution in [0.2, 0.25) is 0 Å². The topological polar surface area (TPSA) is 59.1 Å². The van der Waals surface area contributed by atoms with Gasteiger partial charge in [-0.3, -0.25) is 5.41 Å². The molecule has 0 amide bonds. The van der Waals surface area contributed by atoms with Gasteiger partial charge < -0.3 is 10.5 Å². The second-order valence-corrected chi connectivity index (χ2v) is 6.26. The Morgan fingerprint density at radius 1 is 1.25 bits per heavy atom. The molecule has 0 spiro atoms. The van der Waals surface area contributed by atoms with Crippen molar-refractivity contribution in [1.82, 2.24) is 0 Å². The van der Waals surface area contributed by atoms with Crippen molar-refractivity contribution in [2.75, 3.05) is 6.61 Å². The summed E-state index contributed by atoms with van der Waals surface area (Å²) in [7, 11) is 0. The Morgan fingerprint density at radius 2 is 1.95 bits per heavy atom. The number of aryl methyl sites for hydroxylation is 1. The van der Waals surface area contributed by atoms with Crippen LogP contribution in [0, 0.1) is 5.41 Å². The van der Waals surface area contributed by atoms with Gasteiger partial charge in [-0.05, 0) is 41.9 Å². The molecule has 0 aliphatic carbocycles. The van der Waals surface area contributed by atoms with Gasteiger partial charge in [0.05, 0.1) is 12.4 Å². The molecule has 3 N–H and O–H groups in total. The van der Waals surface area contributed by atoms with Crippen molar-refractivity contribution in [2.45, 2.75) is 58.8 Å². The molecular formula is C17H28N2O. The maximum Gasteiger partial charge on any atom is 0.123 e. The first-order valence-electron chi connectivity index (χ1n) is 7.43. The predicted molar refractivity (Wildman–Crippen MR) is 85.8 cm³/mol. The highest BCUT2D eigenvalue weighted by atomic mass is 16.5. The second-order valence-electron chi connectivity index (χ2n) is 6.26. The fourth-order valence-corrected chi connectivity index (χ4v) is 2.11. The van der Waals surface area contributed by atoms with Gasteiger partial charge in [0.15, 0.2) is 0 Å². The van der Waals surface area contributed by atoms with Gasteiger partial charge in [-0.15, -0.1) is 0 Å². The zero-order chi connectivity index (χ0) is 15.2. The van der Waals surface area contributed by atoms with Crippen LogP contribution in [0.3, 0.4) is 0 Å². The van der Waals surface area contributed by atoms with Crippen molar-refractivity contribution < 1.29 is 4.74 Å². The first-order valence-corrected chi connectivity index (χ1v) is 7.43. The summed E-state index contributed by atoms with van der Waals surface area (Å²) in [5, 5.41) is 7.19. The molecule has 0 aliphatic heterocycles. The molecule has 0 aromatic heterocycles. The Kier molecular flexibility index (Phi) is 6.05. The molecule has 1 aromatic rings. The fourth-order valence-electron chi connectivity index (χ4n) is 2.11. The fraction of sp³-hybridized carbons (Fsp3) is 0.588. The Bertz CT molecular complexity index is 447. The molecule has 0 bridgehead atoms. The van der Waals surface area contributed by atoms with Crippen molar-refractivity contribution in [1.29, 1.82) is 5.41 Å². The van der Waals surface area contributed by atoms with Gasteiger partial charge in [0.2, 0.25) is 0 Å². The normalized spacial score (nSPS) is 11.4. The summed E-state index contributed by atoms with van der Waals surface area (Å²) in [6.07, 6.45) is 3.54. The van der Waals surface area contributed by atoms with Gasteiger partial charge in [-0.25, -0.2) is 0 Å². The molecule has 20 heavy (non-hydrogen) atoms. The summed E-state index contributed by atoms with van der Waals surface area (Å²) in [5.74, 6) is 1.24. The van der Waals surface area contributed by atoms with E-state index in [2.05, 4.69) is 45.9 Å². The molecule has 0 fully saturated rings. The molecule has 1 rings (SSSR count). The van der Waals surface area contributed by atoms with E-state index in [9.17, 15) is 0 Å². The average Bonchev–Trinajstić information content (AvgIpc) is 2.37. The Morgan fingerprint density at radius 3 is 2.50 bits per heavy atom. The van der Waals surface area contributed by atoms with E-state index in [1.54, 1.807) is 0 Å². The average molecular weight is 276 g/mol. The zero-order valence-electron chi connectivity index (χ0n) is 13.3. The Hall–Kier alpha value is -1.51. The van der Waals surface area contributed by atoms with Gasteiger partial charge >= 0.3 is 0 Å². The lowest BCUT2D eigenvalue weighted by molar-refractivity contribution is 0.299. The highest BCUT2D eigenvalue weighted by Gasteiger charge is 2.19. The van der Waals surface area contributed by atoms with Crippen LogP contribution < -0.4 is 10.5 Å². The lowest BCUT2D eigenvalue weighted by atomic mass is 9.85. The summed E-state index contributed by atoms with van der Waals surface area (Å²) in [6, 6.07) is 6.48. The predicted octanol–water partition coefficient (Wildman–Crippen LogP) is 4.03. The first kappa shape index (κ1) is 16.5. The molecule has 3 nitrogen and oxygen atoms in total. The van der Waals surface area contributed by atoms with E-state index in [4.69, 9.17) is 15.9 Å². The van der Waals surface area contributed by atoms with Crippen LogP contribution >= 0.6 is 0 Å². The van der Waals surface area contributed by atoms with E-state index in [1.807, 2.05) is 0 Å². The second kappa shape index (κ2) is 7.32. The zero-order valence-corrected chi connectivity index (χ0v) is 13.3. The quantitative estimate of drug-likeness (QED) is 0.449. The maximum absolute atomic E-state index is 7.19. The van der Waals surface area contributed by atoms with E-state index >= 15 is 0 Å². The third-order valence-corrected chi connectivity index (χ3v) is 3.36. The number of amidine groups is 1. The minimum atomic E-state index is 0.0832. The molecule has 0 heterocycles. The number of rotatable bonds is 7. The van der Waals surface area contributed by atoms with Crippen molar-refractivity contribution in [2.24, 2.45) is 5.73 Å². The summed E-state index contributed by atoms with van der Waals surface area (Å²) in [6.45, 7) is 9.49. The van der Waals surface area contributed by atoms with Crippen LogP contribution in [-0.4, -0.2) is 12.4 Å². The standard InChI is InChI=1S/C17H28N2O/c1-5-13-9-10-15(14(12-13)17(2,3)4)20-11-7-6-8-16(18)19/h9-10,12H,5-8,11H2,1-4H3,(H3,18,19). The molecular weight excluding hydrogens is 248 g/mol.